The van der Waals surface area contributed by atoms with Gasteiger partial charge in [-0.2, -0.15) is 0 Å². The molecular weight excluding hydrogens is 1000 g/mol. The topological polar surface area (TPSA) is 241 Å². The molecule has 0 bridgehead atoms. The lowest BCUT2D eigenvalue weighted by Gasteiger charge is -2.28. The number of carboxylic acids is 4. The third-order valence-corrected chi connectivity index (χ3v) is 12.3. The Kier molecular flexibility index (Phi) is 48.6. The molecule has 0 aliphatic heterocycles. The molecule has 0 aromatic heterocycles. The normalized spacial score (nSPS) is 12.5. The van der Waals surface area contributed by atoms with Crippen LogP contribution in [0.15, 0.2) is 72.9 Å². The predicted octanol–water partition coefficient (Wildman–Crippen LogP) is 9.90. The second-order valence-electron chi connectivity index (χ2n) is 19.6. The number of ether oxygens (including phenoxy) is 3. The summed E-state index contributed by atoms with van der Waals surface area (Å²) in [6.45, 7) is 2.81. The molecule has 0 aliphatic rings. The quantitative estimate of drug-likeness (QED) is 0.0252. The number of amides is 1. The van der Waals surface area contributed by atoms with Crippen molar-refractivity contribution in [3.05, 3.63) is 72.9 Å². The lowest BCUT2D eigenvalue weighted by molar-refractivity contribution is -0.163. The van der Waals surface area contributed by atoms with E-state index in [0.717, 1.165) is 133 Å². The zero-order valence-electron chi connectivity index (χ0n) is 47.8. The van der Waals surface area contributed by atoms with Crippen molar-refractivity contribution in [1.82, 2.24) is 19.6 Å². The van der Waals surface area contributed by atoms with Crippen molar-refractivity contribution in [2.45, 2.75) is 174 Å². The van der Waals surface area contributed by atoms with E-state index in [9.17, 15) is 43.8 Å². The Morgan fingerprint density at radius 2 is 0.795 bits per heavy atom. The van der Waals surface area contributed by atoms with Crippen molar-refractivity contribution in [1.29, 1.82) is 0 Å². The molecule has 4 N–H and O–H groups in total. The maximum atomic E-state index is 13.1. The lowest BCUT2D eigenvalue weighted by atomic mass is 10.1. The standard InChI is InChI=1S/C60H100N4O14/c1-4-6-8-10-12-14-16-18-20-22-24-26-28-30-34-38-59(74)77-52-53(78-60(75)39-35-31-29-27-25-23-21-19-17-15-13-11-9-7-5-2)51-76-45-37-33-32-36-40-61(3)54(65)46-63(48-56(68)69)43-41-62(47-55(66)67)42-44-64(49-57(70)71)50-58(72)73/h6-9,12-15,18-21,53H,4-5,10-11,16-17,22-52H2,1-3H3,(H,66,67)(H,68,69)(H,70,71)(H,72,73)/b8-6+,9-7+,14-12+,15-13+,20-18+,21-19+. The van der Waals surface area contributed by atoms with Crippen LogP contribution in [0.4, 0.5) is 0 Å². The Hall–Kier alpha value is -5.43. The minimum atomic E-state index is -1.24. The summed E-state index contributed by atoms with van der Waals surface area (Å²) in [5, 5.41) is 37.2. The Labute approximate surface area is 467 Å². The molecule has 0 fully saturated rings. The summed E-state index contributed by atoms with van der Waals surface area (Å²) in [5.74, 6) is -5.81. The number of carboxylic acid groups (broad SMARTS) is 4. The van der Waals surface area contributed by atoms with Crippen LogP contribution >= 0.6 is 0 Å². The molecule has 0 aromatic carbocycles. The fourth-order valence-corrected chi connectivity index (χ4v) is 7.98. The van der Waals surface area contributed by atoms with Crippen LogP contribution in [0.5, 0.6) is 0 Å². The van der Waals surface area contributed by atoms with Gasteiger partial charge in [-0.1, -0.05) is 138 Å². The molecule has 78 heavy (non-hydrogen) atoms. The average molecular weight is 1100 g/mol. The van der Waals surface area contributed by atoms with Gasteiger partial charge in [-0.15, -0.1) is 0 Å². The minimum Gasteiger partial charge on any atom is -0.480 e. The number of nitrogens with zero attached hydrogens (tertiary/aromatic N) is 4. The van der Waals surface area contributed by atoms with E-state index < -0.39 is 56.2 Å². The maximum absolute atomic E-state index is 13.1. The van der Waals surface area contributed by atoms with Gasteiger partial charge in [-0.3, -0.25) is 48.3 Å². The number of allylic oxidation sites excluding steroid dienone is 12. The van der Waals surface area contributed by atoms with Gasteiger partial charge in [0, 0.05) is 59.2 Å². The molecule has 1 atom stereocenters. The maximum Gasteiger partial charge on any atom is 0.317 e. The highest BCUT2D eigenvalue weighted by atomic mass is 16.6. The van der Waals surface area contributed by atoms with Crippen molar-refractivity contribution in [2.75, 3.05) is 92.3 Å². The Bertz CT molecular complexity index is 1780. The predicted molar refractivity (Wildman–Crippen MR) is 306 cm³/mol. The Morgan fingerprint density at radius 1 is 0.410 bits per heavy atom. The van der Waals surface area contributed by atoms with Crippen LogP contribution in [-0.4, -0.2) is 180 Å². The first-order chi connectivity index (χ1) is 37.7. The summed E-state index contributed by atoms with van der Waals surface area (Å²) in [6, 6.07) is 0. The molecule has 0 aromatic rings. The van der Waals surface area contributed by atoms with Crippen molar-refractivity contribution >= 4 is 41.7 Å². The first-order valence-electron chi connectivity index (χ1n) is 28.8. The third kappa shape index (κ3) is 50.1. The van der Waals surface area contributed by atoms with Crippen molar-refractivity contribution in [3.8, 4) is 0 Å². The summed E-state index contributed by atoms with van der Waals surface area (Å²) in [7, 11) is 1.62. The van der Waals surface area contributed by atoms with Gasteiger partial charge >= 0.3 is 35.8 Å². The van der Waals surface area contributed by atoms with Gasteiger partial charge in [0.1, 0.15) is 6.61 Å². The summed E-state index contributed by atoms with van der Waals surface area (Å²) < 4.78 is 17.3. The monoisotopic (exact) mass is 1100 g/mol. The van der Waals surface area contributed by atoms with E-state index in [4.69, 9.17) is 24.4 Å². The molecule has 1 unspecified atom stereocenters. The van der Waals surface area contributed by atoms with Gasteiger partial charge in [0.2, 0.25) is 5.91 Å². The molecule has 444 valence electrons. The van der Waals surface area contributed by atoms with E-state index in [1.165, 1.54) is 14.7 Å². The van der Waals surface area contributed by atoms with Crippen LogP contribution in [0.25, 0.3) is 0 Å². The molecule has 18 nitrogen and oxygen atoms in total. The van der Waals surface area contributed by atoms with E-state index in [0.29, 0.717) is 32.4 Å². The number of esters is 2. The Balaban J connectivity index is 4.94. The summed E-state index contributed by atoms with van der Waals surface area (Å²) in [4.78, 5) is 89.8. The number of unbranched alkanes of at least 4 members (excludes halogenated alkanes) is 13. The van der Waals surface area contributed by atoms with E-state index in [1.54, 1.807) is 7.05 Å². The number of hydrogen-bond acceptors (Lipinski definition) is 13. The van der Waals surface area contributed by atoms with E-state index in [2.05, 4.69) is 86.8 Å². The number of aliphatic carboxylic acids is 4. The largest absolute Gasteiger partial charge is 0.480 e. The summed E-state index contributed by atoms with van der Waals surface area (Å²) in [5.41, 5.74) is 0. The van der Waals surface area contributed by atoms with Crippen LogP contribution in [0.3, 0.4) is 0 Å². The molecule has 0 saturated heterocycles. The fraction of sp³-hybridized carbons (Fsp3) is 0.683. The second kappa shape index (κ2) is 52.3. The molecular formula is C60H100N4O14. The van der Waals surface area contributed by atoms with Crippen LogP contribution in [-0.2, 0) is 47.8 Å². The second-order valence-corrected chi connectivity index (χ2v) is 19.6. The average Bonchev–Trinajstić information content (AvgIpc) is 3.38. The van der Waals surface area contributed by atoms with Crippen molar-refractivity contribution in [3.63, 3.8) is 0 Å². The highest BCUT2D eigenvalue weighted by Crippen LogP contribution is 2.12. The molecule has 0 aliphatic carbocycles. The van der Waals surface area contributed by atoms with Crippen LogP contribution < -0.4 is 0 Å². The molecule has 0 radical (unpaired) electrons. The number of likely N-dealkylation sites (N-methyl/N-ethyl adjacent to an activating group) is 1. The zero-order chi connectivity index (χ0) is 57.7. The van der Waals surface area contributed by atoms with Crippen LogP contribution in [0.2, 0.25) is 0 Å². The van der Waals surface area contributed by atoms with E-state index >= 15 is 0 Å². The summed E-state index contributed by atoms with van der Waals surface area (Å²) >= 11 is 0. The fourth-order valence-electron chi connectivity index (χ4n) is 7.98. The number of carbonyl (C=O) groups excluding carboxylic acids is 3. The van der Waals surface area contributed by atoms with Crippen molar-refractivity contribution < 1.29 is 68.2 Å². The van der Waals surface area contributed by atoms with Gasteiger partial charge in [0.15, 0.2) is 6.10 Å². The van der Waals surface area contributed by atoms with Gasteiger partial charge in [-0.05, 0) is 89.9 Å². The first-order valence-corrected chi connectivity index (χ1v) is 28.8. The third-order valence-electron chi connectivity index (χ3n) is 12.3. The van der Waals surface area contributed by atoms with Gasteiger partial charge < -0.3 is 39.5 Å². The lowest BCUT2D eigenvalue weighted by Crippen LogP contribution is -2.46. The molecule has 0 rings (SSSR count). The highest BCUT2D eigenvalue weighted by molar-refractivity contribution is 5.79. The van der Waals surface area contributed by atoms with Gasteiger partial charge in [0.05, 0.1) is 39.3 Å². The Morgan fingerprint density at radius 3 is 1.28 bits per heavy atom. The first kappa shape index (κ1) is 72.6. The molecule has 18 heteroatoms. The molecule has 0 heterocycles. The SMILES string of the molecule is CC/C=C/C/C=C/C/C=C/CCCCCCCC(=O)OCC(COCCCCCCN(C)C(=O)CN(CCN(CCN(CC(=O)O)CC(=O)O)CC(=O)O)CC(=O)O)OC(=O)CCCCCCC/C=C/C/C=C/C/C=C/CC. The molecule has 0 spiro atoms. The van der Waals surface area contributed by atoms with Crippen LogP contribution in [0.1, 0.15) is 168 Å². The minimum absolute atomic E-state index is 0.00291. The number of carbonyl (C=O) groups is 7. The molecule has 1 amide bonds. The van der Waals surface area contributed by atoms with E-state index in [1.807, 2.05) is 0 Å². The highest BCUT2D eigenvalue weighted by Gasteiger charge is 2.22. The number of rotatable bonds is 54. The van der Waals surface area contributed by atoms with Crippen LogP contribution in [0, 0.1) is 0 Å². The van der Waals surface area contributed by atoms with Gasteiger partial charge in [-0.25, -0.2) is 0 Å². The smallest absolute Gasteiger partial charge is 0.317 e. The summed E-state index contributed by atoms with van der Waals surface area (Å²) in [6.07, 6.45) is 47.1. The number of hydrogen-bond donors (Lipinski definition) is 4. The zero-order valence-corrected chi connectivity index (χ0v) is 47.8. The molecule has 0 saturated carbocycles. The van der Waals surface area contributed by atoms with E-state index in [-0.39, 0.29) is 70.2 Å². The van der Waals surface area contributed by atoms with Crippen molar-refractivity contribution in [2.24, 2.45) is 0 Å². The van der Waals surface area contributed by atoms with Gasteiger partial charge in [0.25, 0.3) is 0 Å².